The highest BCUT2D eigenvalue weighted by Crippen LogP contribution is 2.30. The molecule has 146 valence electrons. The third kappa shape index (κ3) is 4.93. The summed E-state index contributed by atoms with van der Waals surface area (Å²) in [7, 11) is 0. The zero-order valence-corrected chi connectivity index (χ0v) is 16.6. The first-order chi connectivity index (χ1) is 12.8. The molecular weight excluding hydrogens is 391 g/mol. The lowest BCUT2D eigenvalue weighted by molar-refractivity contribution is -0.157. The number of halogens is 2. The van der Waals surface area contributed by atoms with Crippen molar-refractivity contribution in [3.63, 3.8) is 0 Å². The smallest absolute Gasteiger partial charge is 0.312 e. The van der Waals surface area contributed by atoms with Crippen LogP contribution in [0.4, 0.5) is 5.69 Å². The minimum atomic E-state index is -0.995. The predicted molar refractivity (Wildman–Crippen MR) is 103 cm³/mol. The van der Waals surface area contributed by atoms with Crippen molar-refractivity contribution in [2.24, 2.45) is 5.92 Å². The number of hydrogen-bond acceptors (Lipinski definition) is 4. The van der Waals surface area contributed by atoms with Crippen molar-refractivity contribution in [2.45, 2.75) is 51.2 Å². The number of carbonyl (C=O) groups excluding carboxylic acids is 3. The molecule has 2 aliphatic rings. The quantitative estimate of drug-likeness (QED) is 0.748. The lowest BCUT2D eigenvalue weighted by Gasteiger charge is -2.24. The molecule has 27 heavy (non-hydrogen) atoms. The van der Waals surface area contributed by atoms with E-state index in [1.807, 2.05) is 0 Å². The first kappa shape index (κ1) is 20.0. The number of amides is 2. The molecule has 2 amide bonds. The van der Waals surface area contributed by atoms with E-state index in [1.54, 1.807) is 23.1 Å². The third-order valence-corrected chi connectivity index (χ3v) is 5.49. The number of ether oxygens (including phenoxy) is 1. The highest BCUT2D eigenvalue weighted by Gasteiger charge is 2.40. The molecule has 3 rings (SSSR count). The van der Waals surface area contributed by atoms with Crippen LogP contribution in [0.1, 0.15) is 39.0 Å². The van der Waals surface area contributed by atoms with Crippen LogP contribution in [0.15, 0.2) is 18.2 Å². The molecule has 2 atom stereocenters. The summed E-state index contributed by atoms with van der Waals surface area (Å²) in [6.07, 6.45) is 3.38. The van der Waals surface area contributed by atoms with Gasteiger partial charge >= 0.3 is 5.97 Å². The summed E-state index contributed by atoms with van der Waals surface area (Å²) in [5, 5.41) is 3.39. The van der Waals surface area contributed by atoms with E-state index < -0.39 is 23.9 Å². The van der Waals surface area contributed by atoms with Crippen LogP contribution in [0.5, 0.6) is 0 Å². The maximum atomic E-state index is 12.4. The Morgan fingerprint density at radius 1 is 1.19 bits per heavy atom. The fraction of sp³-hybridized carbons (Fsp3) is 0.526. The maximum absolute atomic E-state index is 12.4. The Balaban J connectivity index is 1.54. The zero-order chi connectivity index (χ0) is 19.6. The van der Waals surface area contributed by atoms with Gasteiger partial charge in [0.25, 0.3) is 5.91 Å². The highest BCUT2D eigenvalue weighted by molar-refractivity contribution is 6.35. The molecular formula is C19H22Cl2N2O4. The van der Waals surface area contributed by atoms with Gasteiger partial charge in [-0.3, -0.25) is 14.4 Å². The van der Waals surface area contributed by atoms with E-state index in [1.165, 1.54) is 6.92 Å². The van der Waals surface area contributed by atoms with E-state index >= 15 is 0 Å². The van der Waals surface area contributed by atoms with Gasteiger partial charge in [0, 0.05) is 34.7 Å². The van der Waals surface area contributed by atoms with Gasteiger partial charge in [-0.1, -0.05) is 36.0 Å². The summed E-state index contributed by atoms with van der Waals surface area (Å²) in [6, 6.07) is 4.89. The summed E-state index contributed by atoms with van der Waals surface area (Å²) >= 11 is 11.8. The second kappa shape index (κ2) is 8.48. The Morgan fingerprint density at radius 2 is 1.81 bits per heavy atom. The number of nitrogens with zero attached hydrogens (tertiary/aromatic N) is 1. The Kier molecular flexibility index (Phi) is 6.27. The van der Waals surface area contributed by atoms with Crippen molar-refractivity contribution in [3.05, 3.63) is 28.2 Å². The SMILES string of the molecule is C[C@@H](OC(=O)[C@H]1CC(=O)N(C2CCCC2)C1)C(=O)Nc1cc(Cl)cc(Cl)c1. The lowest BCUT2D eigenvalue weighted by Crippen LogP contribution is -2.36. The molecule has 0 radical (unpaired) electrons. The van der Waals surface area contributed by atoms with Gasteiger partial charge < -0.3 is 15.0 Å². The first-order valence-electron chi connectivity index (χ1n) is 9.10. The van der Waals surface area contributed by atoms with Crippen molar-refractivity contribution in [3.8, 4) is 0 Å². The van der Waals surface area contributed by atoms with Crippen molar-refractivity contribution < 1.29 is 19.1 Å². The lowest BCUT2D eigenvalue weighted by atomic mass is 10.1. The maximum Gasteiger partial charge on any atom is 0.312 e. The molecule has 1 N–H and O–H groups in total. The van der Waals surface area contributed by atoms with E-state index in [0.717, 1.165) is 25.7 Å². The Bertz CT molecular complexity index is 729. The minimum Gasteiger partial charge on any atom is -0.452 e. The number of esters is 1. The minimum absolute atomic E-state index is 0.00507. The molecule has 1 saturated heterocycles. The molecule has 1 aromatic rings. The summed E-state index contributed by atoms with van der Waals surface area (Å²) in [5.41, 5.74) is 0.420. The number of anilines is 1. The Morgan fingerprint density at radius 3 is 2.44 bits per heavy atom. The molecule has 8 heteroatoms. The van der Waals surface area contributed by atoms with Crippen LogP contribution in [-0.4, -0.2) is 41.4 Å². The van der Waals surface area contributed by atoms with Gasteiger partial charge in [0.1, 0.15) is 0 Å². The normalized spacial score (nSPS) is 21.4. The van der Waals surface area contributed by atoms with Crippen molar-refractivity contribution >= 4 is 46.7 Å². The molecule has 1 heterocycles. The Hall–Kier alpha value is -1.79. The fourth-order valence-corrected chi connectivity index (χ4v) is 4.18. The molecule has 1 aromatic carbocycles. The molecule has 1 saturated carbocycles. The topological polar surface area (TPSA) is 75.7 Å². The van der Waals surface area contributed by atoms with Gasteiger partial charge in [0.15, 0.2) is 6.10 Å². The average molecular weight is 413 g/mol. The van der Waals surface area contributed by atoms with Crippen LogP contribution in [0.2, 0.25) is 10.0 Å². The van der Waals surface area contributed by atoms with Crippen LogP contribution in [-0.2, 0) is 19.1 Å². The molecule has 0 bridgehead atoms. The number of carbonyl (C=O) groups is 3. The fourth-order valence-electron chi connectivity index (χ4n) is 3.65. The van der Waals surface area contributed by atoms with E-state index in [9.17, 15) is 14.4 Å². The second-order valence-corrected chi connectivity index (χ2v) is 7.98. The average Bonchev–Trinajstić information content (AvgIpc) is 3.22. The van der Waals surface area contributed by atoms with Gasteiger partial charge in [0.2, 0.25) is 5.91 Å². The van der Waals surface area contributed by atoms with E-state index in [0.29, 0.717) is 22.3 Å². The molecule has 1 aliphatic carbocycles. The zero-order valence-electron chi connectivity index (χ0n) is 15.0. The number of rotatable bonds is 5. The van der Waals surface area contributed by atoms with Crippen LogP contribution in [0.25, 0.3) is 0 Å². The standard InChI is InChI=1S/C19H22Cl2N2O4/c1-11(18(25)22-15-8-13(20)7-14(21)9-15)27-19(26)12-6-17(24)23(10-12)16-4-2-3-5-16/h7-9,11-12,16H,2-6,10H2,1H3,(H,22,25)/t11-,12+/m1/s1. The molecule has 0 spiro atoms. The van der Waals surface area contributed by atoms with Crippen molar-refractivity contribution in [1.29, 1.82) is 0 Å². The van der Waals surface area contributed by atoms with Gasteiger partial charge in [0.05, 0.1) is 5.92 Å². The van der Waals surface area contributed by atoms with Crippen molar-refractivity contribution in [2.75, 3.05) is 11.9 Å². The van der Waals surface area contributed by atoms with Crippen molar-refractivity contribution in [1.82, 2.24) is 4.90 Å². The largest absolute Gasteiger partial charge is 0.452 e. The molecule has 6 nitrogen and oxygen atoms in total. The van der Waals surface area contributed by atoms with Gasteiger partial charge in [-0.25, -0.2) is 0 Å². The molecule has 0 aromatic heterocycles. The molecule has 1 aliphatic heterocycles. The number of benzene rings is 1. The number of nitrogens with one attached hydrogen (secondary N) is 1. The monoisotopic (exact) mass is 412 g/mol. The molecule has 2 fully saturated rings. The van der Waals surface area contributed by atoms with Gasteiger partial charge in [-0.2, -0.15) is 0 Å². The number of likely N-dealkylation sites (tertiary alicyclic amines) is 1. The van der Waals surface area contributed by atoms with Gasteiger partial charge in [-0.05, 0) is 38.0 Å². The van der Waals surface area contributed by atoms with E-state index in [4.69, 9.17) is 27.9 Å². The summed E-state index contributed by atoms with van der Waals surface area (Å²) in [5.74, 6) is -1.53. The van der Waals surface area contributed by atoms with E-state index in [2.05, 4.69) is 5.32 Å². The first-order valence-corrected chi connectivity index (χ1v) is 9.86. The second-order valence-electron chi connectivity index (χ2n) is 7.11. The highest BCUT2D eigenvalue weighted by atomic mass is 35.5. The van der Waals surface area contributed by atoms with Gasteiger partial charge in [-0.15, -0.1) is 0 Å². The van der Waals surface area contributed by atoms with Crippen LogP contribution >= 0.6 is 23.2 Å². The summed E-state index contributed by atoms with van der Waals surface area (Å²) < 4.78 is 5.29. The predicted octanol–water partition coefficient (Wildman–Crippen LogP) is 3.65. The van der Waals surface area contributed by atoms with Crippen LogP contribution in [0, 0.1) is 5.92 Å². The number of hydrogen-bond donors (Lipinski definition) is 1. The summed E-state index contributed by atoms with van der Waals surface area (Å²) in [4.78, 5) is 38.7. The summed E-state index contributed by atoms with van der Waals surface area (Å²) in [6.45, 7) is 1.87. The Labute approximate surface area is 168 Å². The van der Waals surface area contributed by atoms with E-state index in [-0.39, 0.29) is 18.4 Å². The molecule has 0 unspecified atom stereocenters. The third-order valence-electron chi connectivity index (χ3n) is 5.05. The van der Waals surface area contributed by atoms with Crippen LogP contribution in [0.3, 0.4) is 0 Å². The van der Waals surface area contributed by atoms with Crippen LogP contribution < -0.4 is 5.32 Å².